The molecular weight excluding hydrogens is 268 g/mol. The minimum atomic E-state index is -0.537. The van der Waals surface area contributed by atoms with E-state index in [0.717, 1.165) is 0 Å². The monoisotopic (exact) mass is 276 g/mol. The Morgan fingerprint density at radius 2 is 2.11 bits per heavy atom. The molecule has 0 bridgehead atoms. The van der Waals surface area contributed by atoms with Gasteiger partial charge in [-0.3, -0.25) is 14.9 Å². The number of nitro benzene ring substituents is 1. The number of nitrogens with zero attached hydrogens (tertiary/aromatic N) is 1. The van der Waals surface area contributed by atoms with Crippen molar-refractivity contribution in [1.82, 2.24) is 0 Å². The second-order valence-electron chi connectivity index (χ2n) is 3.67. The van der Waals surface area contributed by atoms with E-state index < -0.39 is 4.92 Å². The van der Waals surface area contributed by atoms with Crippen LogP contribution in [0.15, 0.2) is 34.7 Å². The third-order valence-electron chi connectivity index (χ3n) is 2.49. The largest absolute Gasteiger partial charge is 0.453 e. The molecule has 19 heavy (non-hydrogen) atoms. The maximum absolute atomic E-state index is 10.7. The van der Waals surface area contributed by atoms with Gasteiger partial charge in [-0.15, -0.1) is 0 Å². The number of non-ortho nitro benzene ring substituents is 1. The van der Waals surface area contributed by atoms with Gasteiger partial charge >= 0.3 is 0 Å². The molecule has 1 heterocycles. The van der Waals surface area contributed by atoms with Crippen LogP contribution in [0, 0.1) is 10.1 Å². The number of aldehydes is 1. The number of carbonyl (C=O) groups excluding carboxylic acids is 1. The van der Waals surface area contributed by atoms with E-state index in [9.17, 15) is 14.9 Å². The average molecular weight is 276 g/mol. The summed E-state index contributed by atoms with van der Waals surface area (Å²) in [7, 11) is 0. The Morgan fingerprint density at radius 3 is 2.63 bits per heavy atom. The second-order valence-corrected chi connectivity index (χ2v) is 4.11. The first-order valence-corrected chi connectivity index (χ1v) is 5.57. The van der Waals surface area contributed by atoms with E-state index in [1.807, 2.05) is 0 Å². The number of nitro groups is 1. The van der Waals surface area contributed by atoms with Gasteiger partial charge < -0.3 is 10.2 Å². The molecule has 0 atom stereocenters. The number of hydrogen-bond acceptors (Lipinski definition) is 5. The first-order valence-electron chi connectivity index (χ1n) is 5.16. The Morgan fingerprint density at radius 1 is 1.37 bits per heavy atom. The van der Waals surface area contributed by atoms with Gasteiger partial charge in [0, 0.05) is 23.3 Å². The minimum absolute atomic E-state index is 0.0164. The highest BCUT2D eigenvalue weighted by atomic mass is 32.1. The number of thiocarbonyl (C=S) groups is 1. The van der Waals surface area contributed by atoms with Crippen LogP contribution in [0.4, 0.5) is 5.69 Å². The summed E-state index contributed by atoms with van der Waals surface area (Å²) in [6.45, 7) is 0. The molecule has 0 spiro atoms. The zero-order valence-electron chi connectivity index (χ0n) is 9.53. The predicted octanol–water partition coefficient (Wildman–Crippen LogP) is 2.30. The maximum Gasteiger partial charge on any atom is 0.270 e. The van der Waals surface area contributed by atoms with Gasteiger partial charge in [0.2, 0.25) is 0 Å². The highest BCUT2D eigenvalue weighted by Gasteiger charge is 2.16. The van der Waals surface area contributed by atoms with Crippen molar-refractivity contribution in [3.05, 3.63) is 51.8 Å². The van der Waals surface area contributed by atoms with E-state index in [4.69, 9.17) is 22.4 Å². The number of benzene rings is 1. The first-order chi connectivity index (χ1) is 9.02. The van der Waals surface area contributed by atoms with Gasteiger partial charge in [-0.05, 0) is 18.2 Å². The van der Waals surface area contributed by atoms with Crippen molar-refractivity contribution in [3.63, 3.8) is 0 Å². The van der Waals surface area contributed by atoms with E-state index >= 15 is 0 Å². The van der Waals surface area contributed by atoms with E-state index in [2.05, 4.69) is 0 Å². The molecule has 0 saturated heterocycles. The fourth-order valence-electron chi connectivity index (χ4n) is 1.63. The van der Waals surface area contributed by atoms with E-state index in [-0.39, 0.29) is 16.4 Å². The zero-order chi connectivity index (χ0) is 14.0. The maximum atomic E-state index is 10.7. The number of furan rings is 1. The molecular formula is C12H8N2O4S. The smallest absolute Gasteiger partial charge is 0.270 e. The van der Waals surface area contributed by atoms with Crippen LogP contribution in [-0.4, -0.2) is 16.2 Å². The van der Waals surface area contributed by atoms with Crippen molar-refractivity contribution >= 4 is 29.2 Å². The summed E-state index contributed by atoms with van der Waals surface area (Å²) in [5.41, 5.74) is 6.28. The van der Waals surface area contributed by atoms with Gasteiger partial charge in [0.1, 0.15) is 10.7 Å². The Kier molecular flexibility index (Phi) is 3.39. The topological polar surface area (TPSA) is 99.4 Å². The fraction of sp³-hybridized carbons (Fsp3) is 0. The van der Waals surface area contributed by atoms with Crippen molar-refractivity contribution in [3.8, 4) is 11.3 Å². The Labute approximate surface area is 113 Å². The lowest BCUT2D eigenvalue weighted by molar-refractivity contribution is -0.384. The molecule has 1 aromatic carbocycles. The summed E-state index contributed by atoms with van der Waals surface area (Å²) in [6, 6.07) is 7.15. The normalized spacial score (nSPS) is 10.1. The summed E-state index contributed by atoms with van der Waals surface area (Å²) in [4.78, 5) is 20.8. The molecule has 6 nitrogen and oxygen atoms in total. The van der Waals surface area contributed by atoms with Gasteiger partial charge in [0.25, 0.3) is 5.69 Å². The van der Waals surface area contributed by atoms with E-state index in [1.54, 1.807) is 6.07 Å². The Balaban J connectivity index is 2.59. The summed E-state index contributed by atoms with van der Waals surface area (Å²) in [6.07, 6.45) is 0.565. The average Bonchev–Trinajstić information content (AvgIpc) is 2.86. The van der Waals surface area contributed by atoms with Crippen molar-refractivity contribution in [2.75, 3.05) is 0 Å². The Hall–Kier alpha value is -2.54. The lowest BCUT2D eigenvalue weighted by Gasteiger charge is -2.05. The molecule has 0 saturated carbocycles. The molecule has 2 N–H and O–H groups in total. The molecule has 0 radical (unpaired) electrons. The molecule has 0 aliphatic heterocycles. The zero-order valence-corrected chi connectivity index (χ0v) is 10.3. The fourth-order valence-corrected chi connectivity index (χ4v) is 1.79. The van der Waals surface area contributed by atoms with E-state index in [1.165, 1.54) is 24.3 Å². The molecule has 0 unspecified atom stereocenters. The molecule has 0 fully saturated rings. The van der Waals surface area contributed by atoms with Crippen molar-refractivity contribution < 1.29 is 14.1 Å². The minimum Gasteiger partial charge on any atom is -0.453 e. The third-order valence-corrected chi connectivity index (χ3v) is 2.71. The molecule has 0 aliphatic rings. The lowest BCUT2D eigenvalue weighted by atomic mass is 10.0. The van der Waals surface area contributed by atoms with Crippen LogP contribution in [0.5, 0.6) is 0 Å². The molecule has 7 heteroatoms. The van der Waals surface area contributed by atoms with Gasteiger partial charge in [0.15, 0.2) is 12.0 Å². The van der Waals surface area contributed by atoms with Crippen LogP contribution in [0.25, 0.3) is 11.3 Å². The van der Waals surface area contributed by atoms with Crippen molar-refractivity contribution in [1.29, 1.82) is 0 Å². The Bertz CT molecular complexity index is 678. The number of rotatable bonds is 4. The molecule has 2 rings (SSSR count). The first kappa shape index (κ1) is 12.9. The van der Waals surface area contributed by atoms with Crippen LogP contribution < -0.4 is 5.73 Å². The standard InChI is InChI=1S/C12H8N2O4S/c13-12(19)10-5-7(14(16)17)1-3-9(10)11-4-2-8(6-15)18-11/h1-6H,(H2,13,19). The van der Waals surface area contributed by atoms with Crippen LogP contribution >= 0.6 is 12.2 Å². The molecule has 1 aromatic heterocycles. The van der Waals surface area contributed by atoms with Crippen LogP contribution in [0.3, 0.4) is 0 Å². The summed E-state index contributed by atoms with van der Waals surface area (Å²) in [5, 5.41) is 10.7. The van der Waals surface area contributed by atoms with Crippen LogP contribution in [0.2, 0.25) is 0 Å². The third kappa shape index (κ3) is 2.50. The number of carbonyl (C=O) groups is 1. The molecule has 2 aromatic rings. The van der Waals surface area contributed by atoms with E-state index in [0.29, 0.717) is 23.2 Å². The lowest BCUT2D eigenvalue weighted by Crippen LogP contribution is -2.11. The number of hydrogen-bond donors (Lipinski definition) is 1. The highest BCUT2D eigenvalue weighted by Crippen LogP contribution is 2.28. The van der Waals surface area contributed by atoms with Crippen molar-refractivity contribution in [2.45, 2.75) is 0 Å². The number of nitrogens with two attached hydrogens (primary N) is 1. The summed E-state index contributed by atoms with van der Waals surface area (Å²) >= 11 is 4.87. The van der Waals surface area contributed by atoms with Crippen LogP contribution in [0.1, 0.15) is 16.1 Å². The molecule has 0 aliphatic carbocycles. The summed E-state index contributed by atoms with van der Waals surface area (Å²) < 4.78 is 5.26. The van der Waals surface area contributed by atoms with Crippen LogP contribution in [-0.2, 0) is 0 Å². The second kappa shape index (κ2) is 4.99. The van der Waals surface area contributed by atoms with Gasteiger partial charge in [-0.25, -0.2) is 0 Å². The van der Waals surface area contributed by atoms with Gasteiger partial charge in [-0.1, -0.05) is 12.2 Å². The SMILES string of the molecule is NC(=S)c1cc([N+](=O)[O-])ccc1-c1ccc(C=O)o1. The highest BCUT2D eigenvalue weighted by molar-refractivity contribution is 7.80. The van der Waals surface area contributed by atoms with Gasteiger partial charge in [-0.2, -0.15) is 0 Å². The van der Waals surface area contributed by atoms with Crippen molar-refractivity contribution in [2.24, 2.45) is 5.73 Å². The van der Waals surface area contributed by atoms with Gasteiger partial charge in [0.05, 0.1) is 4.92 Å². The molecule has 96 valence electrons. The predicted molar refractivity (Wildman–Crippen MR) is 72.1 cm³/mol. The quantitative estimate of drug-likeness (QED) is 0.398. The summed E-state index contributed by atoms with van der Waals surface area (Å²) in [5.74, 6) is 0.530. The molecule has 0 amide bonds.